The first kappa shape index (κ1) is 18.4. The maximum Gasteiger partial charge on any atom is 0.328 e. The zero-order valence-corrected chi connectivity index (χ0v) is 13.1. The van der Waals surface area contributed by atoms with E-state index in [0.29, 0.717) is 0 Å². The first-order chi connectivity index (χ1) is 9.20. The molecule has 2 N–H and O–H groups in total. The Bertz CT molecular complexity index is 353. The molecule has 0 radical (unpaired) electrons. The predicted octanol–water partition coefficient (Wildman–Crippen LogP) is 0.851. The van der Waals surface area contributed by atoms with Crippen molar-refractivity contribution in [1.29, 1.82) is 0 Å². The predicted molar refractivity (Wildman–Crippen MR) is 75.8 cm³/mol. The van der Waals surface area contributed by atoms with Gasteiger partial charge in [-0.3, -0.25) is 9.59 Å². The molecular formula is C14H26N2O4. The topological polar surface area (TPSA) is 84.5 Å². The summed E-state index contributed by atoms with van der Waals surface area (Å²) in [5.74, 6) is -1.28. The zero-order valence-electron chi connectivity index (χ0n) is 13.1. The lowest BCUT2D eigenvalue weighted by Gasteiger charge is -2.26. The molecule has 20 heavy (non-hydrogen) atoms. The molecule has 2 amide bonds. The van der Waals surface area contributed by atoms with E-state index in [1.165, 1.54) is 6.92 Å². The Morgan fingerprint density at radius 2 is 1.45 bits per heavy atom. The third-order valence-corrected chi connectivity index (χ3v) is 2.81. The second kappa shape index (κ2) is 8.55. The van der Waals surface area contributed by atoms with Crippen LogP contribution in [0, 0.1) is 11.8 Å². The summed E-state index contributed by atoms with van der Waals surface area (Å²) in [7, 11) is 0. The first-order valence-corrected chi connectivity index (χ1v) is 6.94. The number of rotatable bonds is 7. The normalized spacial score (nSPS) is 13.8. The Labute approximate surface area is 120 Å². The van der Waals surface area contributed by atoms with Crippen molar-refractivity contribution in [2.45, 2.75) is 53.6 Å². The molecule has 0 aliphatic heterocycles. The van der Waals surface area contributed by atoms with E-state index in [4.69, 9.17) is 4.74 Å². The summed E-state index contributed by atoms with van der Waals surface area (Å²) in [5, 5.41) is 5.25. The van der Waals surface area contributed by atoms with Gasteiger partial charge in [0.1, 0.15) is 12.1 Å². The summed E-state index contributed by atoms with van der Waals surface area (Å²) < 4.78 is 4.95. The molecule has 0 rings (SSSR count). The van der Waals surface area contributed by atoms with Crippen molar-refractivity contribution in [1.82, 2.24) is 10.6 Å². The minimum Gasteiger partial charge on any atom is -0.464 e. The number of esters is 1. The molecular weight excluding hydrogens is 260 g/mol. The number of amides is 2. The molecule has 0 heterocycles. The van der Waals surface area contributed by atoms with E-state index in [1.807, 2.05) is 27.7 Å². The van der Waals surface area contributed by atoms with Gasteiger partial charge in [-0.15, -0.1) is 0 Å². The molecule has 0 spiro atoms. The second-order valence-electron chi connectivity index (χ2n) is 5.40. The standard InChI is InChI=1S/C14H26N2O4/c1-7-20-14(19)12(9(4)5)16-13(18)11(8(2)3)15-10(6)17/h8-9,11-12H,7H2,1-6H3,(H,15,17)(H,16,18)/t11-,12+/m0/s1. The van der Waals surface area contributed by atoms with Crippen molar-refractivity contribution >= 4 is 17.8 Å². The minimum atomic E-state index is -0.711. The highest BCUT2D eigenvalue weighted by molar-refractivity contribution is 5.90. The van der Waals surface area contributed by atoms with Crippen LogP contribution in [0.5, 0.6) is 0 Å². The van der Waals surface area contributed by atoms with Gasteiger partial charge in [0.05, 0.1) is 6.61 Å². The van der Waals surface area contributed by atoms with E-state index < -0.39 is 18.1 Å². The Kier molecular flexibility index (Phi) is 7.87. The van der Waals surface area contributed by atoms with Crippen LogP contribution in [0.25, 0.3) is 0 Å². The van der Waals surface area contributed by atoms with Gasteiger partial charge in [-0.1, -0.05) is 27.7 Å². The highest BCUT2D eigenvalue weighted by Crippen LogP contribution is 2.07. The molecule has 0 bridgehead atoms. The Hall–Kier alpha value is -1.59. The number of nitrogens with one attached hydrogen (secondary N) is 2. The van der Waals surface area contributed by atoms with Gasteiger partial charge in [-0.05, 0) is 18.8 Å². The average Bonchev–Trinajstić information content (AvgIpc) is 2.31. The van der Waals surface area contributed by atoms with Gasteiger partial charge < -0.3 is 15.4 Å². The smallest absolute Gasteiger partial charge is 0.328 e. The van der Waals surface area contributed by atoms with Crippen molar-refractivity contribution in [3.63, 3.8) is 0 Å². The van der Waals surface area contributed by atoms with Gasteiger partial charge in [-0.2, -0.15) is 0 Å². The fourth-order valence-electron chi connectivity index (χ4n) is 1.73. The van der Waals surface area contributed by atoms with Gasteiger partial charge in [0.25, 0.3) is 0 Å². The SMILES string of the molecule is CCOC(=O)[C@H](NC(=O)[C@@H](NC(C)=O)C(C)C)C(C)C. The molecule has 0 aromatic rings. The largest absolute Gasteiger partial charge is 0.464 e. The lowest BCUT2D eigenvalue weighted by molar-refractivity contribution is -0.149. The van der Waals surface area contributed by atoms with Gasteiger partial charge in [0.15, 0.2) is 0 Å². The molecule has 0 unspecified atom stereocenters. The van der Waals surface area contributed by atoms with Crippen LogP contribution in [0.15, 0.2) is 0 Å². The van der Waals surface area contributed by atoms with Gasteiger partial charge >= 0.3 is 5.97 Å². The van der Waals surface area contributed by atoms with E-state index in [2.05, 4.69) is 10.6 Å². The summed E-state index contributed by atoms with van der Waals surface area (Å²) in [6, 6.07) is -1.37. The van der Waals surface area contributed by atoms with Gasteiger partial charge in [0, 0.05) is 6.92 Å². The Balaban J connectivity index is 4.87. The number of carbonyl (C=O) groups excluding carboxylic acids is 3. The fourth-order valence-corrected chi connectivity index (χ4v) is 1.73. The van der Waals surface area contributed by atoms with Crippen molar-refractivity contribution in [2.75, 3.05) is 6.61 Å². The molecule has 116 valence electrons. The number of ether oxygens (including phenoxy) is 1. The number of hydrogen-bond donors (Lipinski definition) is 2. The van der Waals surface area contributed by atoms with Gasteiger partial charge in [0.2, 0.25) is 11.8 Å². The van der Waals surface area contributed by atoms with Crippen LogP contribution in [-0.2, 0) is 19.1 Å². The molecule has 0 saturated carbocycles. The molecule has 0 fully saturated rings. The third-order valence-electron chi connectivity index (χ3n) is 2.81. The number of carbonyl (C=O) groups is 3. The molecule has 0 saturated heterocycles. The minimum absolute atomic E-state index is 0.0751. The van der Waals surface area contributed by atoms with Crippen LogP contribution >= 0.6 is 0 Å². The lowest BCUT2D eigenvalue weighted by atomic mass is 10.0. The third kappa shape index (κ3) is 6.04. The van der Waals surface area contributed by atoms with Crippen molar-refractivity contribution in [3.8, 4) is 0 Å². The van der Waals surface area contributed by atoms with Crippen molar-refractivity contribution in [3.05, 3.63) is 0 Å². The molecule has 0 aromatic heterocycles. The maximum absolute atomic E-state index is 12.2. The Morgan fingerprint density at radius 3 is 1.80 bits per heavy atom. The summed E-state index contributed by atoms with van der Waals surface area (Å²) in [4.78, 5) is 35.2. The molecule has 0 aliphatic rings. The van der Waals surface area contributed by atoms with E-state index in [-0.39, 0.29) is 30.3 Å². The van der Waals surface area contributed by atoms with Crippen LogP contribution in [0.4, 0.5) is 0 Å². The van der Waals surface area contributed by atoms with Crippen LogP contribution in [0.1, 0.15) is 41.5 Å². The second-order valence-corrected chi connectivity index (χ2v) is 5.40. The molecule has 2 atom stereocenters. The fraction of sp³-hybridized carbons (Fsp3) is 0.786. The summed E-state index contributed by atoms with van der Waals surface area (Å²) >= 11 is 0. The maximum atomic E-state index is 12.2. The van der Waals surface area contributed by atoms with Crippen LogP contribution in [0.3, 0.4) is 0 Å². The number of hydrogen-bond acceptors (Lipinski definition) is 4. The summed E-state index contributed by atoms with van der Waals surface area (Å²) in [6.07, 6.45) is 0. The van der Waals surface area contributed by atoms with E-state index in [9.17, 15) is 14.4 Å². The zero-order chi connectivity index (χ0) is 15.9. The molecule has 0 aliphatic carbocycles. The molecule has 6 nitrogen and oxygen atoms in total. The highest BCUT2D eigenvalue weighted by Gasteiger charge is 2.30. The highest BCUT2D eigenvalue weighted by atomic mass is 16.5. The van der Waals surface area contributed by atoms with Gasteiger partial charge in [-0.25, -0.2) is 4.79 Å². The van der Waals surface area contributed by atoms with Crippen molar-refractivity contribution < 1.29 is 19.1 Å². The summed E-state index contributed by atoms with van der Waals surface area (Å²) in [6.45, 7) is 10.6. The quantitative estimate of drug-likeness (QED) is 0.680. The summed E-state index contributed by atoms with van der Waals surface area (Å²) in [5.41, 5.74) is 0. The molecule has 0 aromatic carbocycles. The average molecular weight is 286 g/mol. The lowest BCUT2D eigenvalue weighted by Crippen LogP contribution is -2.54. The monoisotopic (exact) mass is 286 g/mol. The van der Waals surface area contributed by atoms with Crippen LogP contribution in [0.2, 0.25) is 0 Å². The molecule has 6 heteroatoms. The van der Waals surface area contributed by atoms with E-state index in [0.717, 1.165) is 0 Å². The van der Waals surface area contributed by atoms with E-state index in [1.54, 1.807) is 6.92 Å². The van der Waals surface area contributed by atoms with Crippen molar-refractivity contribution in [2.24, 2.45) is 11.8 Å². The van der Waals surface area contributed by atoms with Crippen LogP contribution < -0.4 is 10.6 Å². The Morgan fingerprint density at radius 1 is 0.950 bits per heavy atom. The van der Waals surface area contributed by atoms with Crippen LogP contribution in [-0.4, -0.2) is 36.5 Å². The first-order valence-electron chi connectivity index (χ1n) is 6.94. The van der Waals surface area contributed by atoms with E-state index >= 15 is 0 Å².